The Labute approximate surface area is 201 Å². The number of hydrogen-bond acceptors (Lipinski definition) is 3. The molecule has 0 saturated heterocycles. The summed E-state index contributed by atoms with van der Waals surface area (Å²) >= 11 is 0. The van der Waals surface area contributed by atoms with Crippen LogP contribution in [-0.2, 0) is 4.79 Å². The van der Waals surface area contributed by atoms with Gasteiger partial charge in [0.15, 0.2) is 0 Å². The smallest absolute Gasteiger partial charge is 0.138 e. The Bertz CT molecular complexity index is 887. The molecule has 0 radical (unpaired) electrons. The molecule has 4 saturated carbocycles. The van der Waals surface area contributed by atoms with Crippen LogP contribution in [0.2, 0.25) is 0 Å². The molecule has 33 heavy (non-hydrogen) atoms. The fraction of sp³-hybridized carbons (Fsp3) is 0.900. The summed E-state index contributed by atoms with van der Waals surface area (Å²) in [6.45, 7) is 18.7. The number of carbonyl (C=O) groups is 1. The molecule has 3 nitrogen and oxygen atoms in total. The van der Waals surface area contributed by atoms with E-state index in [1.54, 1.807) is 0 Å². The fourth-order valence-electron chi connectivity index (χ4n) is 11.1. The minimum atomic E-state index is -0.409. The molecule has 5 aliphatic carbocycles. The van der Waals surface area contributed by atoms with Gasteiger partial charge in [0, 0.05) is 17.8 Å². The van der Waals surface area contributed by atoms with Crippen LogP contribution in [0.25, 0.3) is 0 Å². The maximum atomic E-state index is 12.9. The standard InChI is InChI=1S/C30H48O3/c1-17(2)19-15-21(32)25-28(19,6)13-14-29(7)24-18(9-12-30(25,29)8)27(5)11-10-23(33)26(3,4)22(27)16-20(24)31/h9,17,19-22,24-25,31-32H,10-16H2,1-8H3. The molecule has 186 valence electrons. The van der Waals surface area contributed by atoms with Crippen molar-refractivity contribution in [1.82, 2.24) is 0 Å². The third-order valence-corrected chi connectivity index (χ3v) is 12.9. The number of Topliss-reactive ketones (excluding diaryl/α,β-unsaturated/α-hetero) is 1. The maximum Gasteiger partial charge on any atom is 0.138 e. The monoisotopic (exact) mass is 456 g/mol. The molecule has 4 fully saturated rings. The zero-order valence-electron chi connectivity index (χ0n) is 22.4. The number of carbonyl (C=O) groups excluding carboxylic acids is 1. The van der Waals surface area contributed by atoms with Crippen molar-refractivity contribution in [3.63, 3.8) is 0 Å². The summed E-state index contributed by atoms with van der Waals surface area (Å²) < 4.78 is 0. The average molecular weight is 457 g/mol. The predicted octanol–water partition coefficient (Wildman–Crippen LogP) is 6.17. The lowest BCUT2D eigenvalue weighted by molar-refractivity contribution is -0.196. The van der Waals surface area contributed by atoms with Gasteiger partial charge in [-0.2, -0.15) is 0 Å². The van der Waals surface area contributed by atoms with E-state index in [9.17, 15) is 15.0 Å². The number of fused-ring (bicyclic) bond motifs is 7. The van der Waals surface area contributed by atoms with Gasteiger partial charge in [-0.25, -0.2) is 0 Å². The van der Waals surface area contributed by atoms with E-state index in [1.807, 2.05) is 0 Å². The van der Waals surface area contributed by atoms with Crippen LogP contribution in [0, 0.1) is 56.7 Å². The lowest BCUT2D eigenvalue weighted by Crippen LogP contribution is -2.65. The van der Waals surface area contributed by atoms with Gasteiger partial charge in [0.1, 0.15) is 5.78 Å². The van der Waals surface area contributed by atoms with E-state index >= 15 is 0 Å². The molecule has 0 heterocycles. The molecule has 0 amide bonds. The highest BCUT2D eigenvalue weighted by Crippen LogP contribution is 2.76. The molecule has 10 atom stereocenters. The van der Waals surface area contributed by atoms with E-state index in [4.69, 9.17) is 0 Å². The average Bonchev–Trinajstić information content (AvgIpc) is 3.00. The molecule has 3 heteroatoms. The SMILES string of the molecule is CC(C)C1CC(O)C2C1(C)CCC1(C)C3C(=CCC21C)C1(C)CCC(=O)C(C)(C)C1CC3O. The number of ketones is 1. The third-order valence-electron chi connectivity index (χ3n) is 12.9. The number of hydrogen-bond donors (Lipinski definition) is 2. The van der Waals surface area contributed by atoms with Crippen molar-refractivity contribution in [2.24, 2.45) is 56.7 Å². The Morgan fingerprint density at radius 2 is 1.58 bits per heavy atom. The quantitative estimate of drug-likeness (QED) is 0.464. The number of aliphatic hydroxyl groups is 2. The summed E-state index contributed by atoms with van der Waals surface area (Å²) in [7, 11) is 0. The second-order valence-corrected chi connectivity index (χ2v) is 14.7. The second-order valence-electron chi connectivity index (χ2n) is 14.7. The number of allylic oxidation sites excluding steroid dienone is 1. The second kappa shape index (κ2) is 6.96. The van der Waals surface area contributed by atoms with Crippen molar-refractivity contribution < 1.29 is 15.0 Å². The first-order chi connectivity index (χ1) is 15.1. The zero-order valence-corrected chi connectivity index (χ0v) is 22.4. The highest BCUT2D eigenvalue weighted by molar-refractivity contribution is 5.85. The van der Waals surface area contributed by atoms with Crippen molar-refractivity contribution in [3.05, 3.63) is 11.6 Å². The largest absolute Gasteiger partial charge is 0.393 e. The predicted molar refractivity (Wildman–Crippen MR) is 132 cm³/mol. The van der Waals surface area contributed by atoms with Gasteiger partial charge < -0.3 is 10.2 Å². The van der Waals surface area contributed by atoms with E-state index in [-0.39, 0.29) is 50.9 Å². The fourth-order valence-corrected chi connectivity index (χ4v) is 11.1. The highest BCUT2D eigenvalue weighted by Gasteiger charge is 2.71. The van der Waals surface area contributed by atoms with Gasteiger partial charge in [-0.05, 0) is 83.9 Å². The van der Waals surface area contributed by atoms with Gasteiger partial charge in [0.05, 0.1) is 12.2 Å². The molecule has 0 aromatic carbocycles. The van der Waals surface area contributed by atoms with Crippen molar-refractivity contribution in [2.45, 2.75) is 113 Å². The van der Waals surface area contributed by atoms with Gasteiger partial charge in [0.25, 0.3) is 0 Å². The maximum absolute atomic E-state index is 12.9. The first kappa shape index (κ1) is 24.0. The normalized spacial score (nSPS) is 55.4. The Kier molecular flexibility index (Phi) is 5.07. The van der Waals surface area contributed by atoms with E-state index < -0.39 is 6.10 Å². The van der Waals surface area contributed by atoms with Crippen molar-refractivity contribution in [3.8, 4) is 0 Å². The lowest BCUT2D eigenvalue weighted by atomic mass is 9.35. The Balaban J connectivity index is 1.62. The summed E-state index contributed by atoms with van der Waals surface area (Å²) in [4.78, 5) is 12.9. The van der Waals surface area contributed by atoms with Crippen LogP contribution >= 0.6 is 0 Å². The molecule has 5 rings (SSSR count). The van der Waals surface area contributed by atoms with Gasteiger partial charge in [-0.3, -0.25) is 4.79 Å². The van der Waals surface area contributed by atoms with E-state index in [0.717, 1.165) is 38.5 Å². The van der Waals surface area contributed by atoms with E-state index in [0.29, 0.717) is 24.0 Å². The summed E-state index contributed by atoms with van der Waals surface area (Å²) in [6.07, 6.45) is 8.30. The summed E-state index contributed by atoms with van der Waals surface area (Å²) in [6, 6.07) is 0. The Hall–Kier alpha value is -0.670. The summed E-state index contributed by atoms with van der Waals surface area (Å²) in [5, 5.41) is 23.3. The minimum absolute atomic E-state index is 0.0127. The van der Waals surface area contributed by atoms with Crippen molar-refractivity contribution in [1.29, 1.82) is 0 Å². The van der Waals surface area contributed by atoms with Crippen molar-refractivity contribution >= 4 is 5.78 Å². The first-order valence-corrected chi connectivity index (χ1v) is 13.7. The van der Waals surface area contributed by atoms with Crippen LogP contribution in [0.5, 0.6) is 0 Å². The van der Waals surface area contributed by atoms with Crippen LogP contribution in [0.3, 0.4) is 0 Å². The molecule has 0 spiro atoms. The molecule has 0 aromatic heterocycles. The van der Waals surface area contributed by atoms with Gasteiger partial charge in [-0.1, -0.05) is 67.0 Å². The van der Waals surface area contributed by atoms with Crippen LogP contribution in [-0.4, -0.2) is 28.2 Å². The Morgan fingerprint density at radius 1 is 0.909 bits per heavy atom. The molecule has 5 aliphatic rings. The molecule has 0 bridgehead atoms. The van der Waals surface area contributed by atoms with Gasteiger partial charge >= 0.3 is 0 Å². The zero-order chi connectivity index (χ0) is 24.4. The Morgan fingerprint density at radius 3 is 2.21 bits per heavy atom. The highest BCUT2D eigenvalue weighted by atomic mass is 16.3. The van der Waals surface area contributed by atoms with Crippen molar-refractivity contribution in [2.75, 3.05) is 0 Å². The first-order valence-electron chi connectivity index (χ1n) is 13.7. The molecule has 2 N–H and O–H groups in total. The van der Waals surface area contributed by atoms with Gasteiger partial charge in [-0.15, -0.1) is 0 Å². The van der Waals surface area contributed by atoms with E-state index in [2.05, 4.69) is 61.5 Å². The third kappa shape index (κ3) is 2.73. The van der Waals surface area contributed by atoms with Crippen LogP contribution in [0.15, 0.2) is 11.6 Å². The molecular weight excluding hydrogens is 408 g/mol. The topological polar surface area (TPSA) is 57.5 Å². The van der Waals surface area contributed by atoms with Crippen LogP contribution < -0.4 is 0 Å². The molecule has 10 unspecified atom stereocenters. The summed E-state index contributed by atoms with van der Waals surface area (Å²) in [5.41, 5.74) is 1.16. The van der Waals surface area contributed by atoms with Gasteiger partial charge in [0.2, 0.25) is 0 Å². The molecule has 0 aliphatic heterocycles. The number of rotatable bonds is 1. The summed E-state index contributed by atoms with van der Waals surface area (Å²) in [5.74, 6) is 2.12. The minimum Gasteiger partial charge on any atom is -0.393 e. The van der Waals surface area contributed by atoms with E-state index in [1.165, 1.54) is 5.57 Å². The lowest BCUT2D eigenvalue weighted by Gasteiger charge is -2.69. The molecule has 0 aromatic rings. The van der Waals surface area contributed by atoms with Crippen LogP contribution in [0.4, 0.5) is 0 Å². The molecular formula is C30H48O3. The van der Waals surface area contributed by atoms with Crippen LogP contribution in [0.1, 0.15) is 100 Å². The number of aliphatic hydroxyl groups excluding tert-OH is 2.